The molecule has 96 valence electrons. The van der Waals surface area contributed by atoms with Crippen molar-refractivity contribution in [3.8, 4) is 0 Å². The topological polar surface area (TPSA) is 60.4 Å². The maximum atomic E-state index is 11.0. The zero-order chi connectivity index (χ0) is 13.5. The normalized spacial score (nSPS) is 12.9. The molecule has 0 radical (unpaired) electrons. The van der Waals surface area contributed by atoms with E-state index in [-0.39, 0.29) is 0 Å². The van der Waals surface area contributed by atoms with Gasteiger partial charge in [-0.25, -0.2) is 0 Å². The monoisotopic (exact) mass is 248 g/mol. The number of hydrogen-bond acceptors (Lipinski definition) is 4. The van der Waals surface area contributed by atoms with Gasteiger partial charge in [0.25, 0.3) is 0 Å². The molecular weight excluding hydrogens is 232 g/mol. The number of hydrogen-bond donors (Lipinski definition) is 0. The Kier molecular flexibility index (Phi) is 5.24. The summed E-state index contributed by atoms with van der Waals surface area (Å²) in [6, 6.07) is 8.19. The van der Waals surface area contributed by atoms with Crippen molar-refractivity contribution in [2.24, 2.45) is 0 Å². The van der Waals surface area contributed by atoms with Crippen molar-refractivity contribution in [1.29, 1.82) is 0 Å². The van der Waals surface area contributed by atoms with Crippen LogP contribution < -0.4 is 0 Å². The van der Waals surface area contributed by atoms with E-state index < -0.39 is 11.9 Å². The van der Waals surface area contributed by atoms with Gasteiger partial charge in [0.1, 0.15) is 5.78 Å². The van der Waals surface area contributed by atoms with E-state index in [0.717, 1.165) is 12.8 Å². The zero-order valence-electron chi connectivity index (χ0n) is 10.6. The Morgan fingerprint density at radius 1 is 1.00 bits per heavy atom. The maximum Gasteiger partial charge on any atom is 0.310 e. The largest absolute Gasteiger partial charge is 0.394 e. The van der Waals surface area contributed by atoms with Crippen molar-refractivity contribution in [2.75, 3.05) is 0 Å². The first kappa shape index (κ1) is 14.1. The van der Waals surface area contributed by atoms with Gasteiger partial charge in [0.15, 0.2) is 0 Å². The molecule has 1 aromatic carbocycles. The summed E-state index contributed by atoms with van der Waals surface area (Å²) in [5, 5.41) is 0. The van der Waals surface area contributed by atoms with Crippen LogP contribution in [-0.2, 0) is 32.0 Å². The van der Waals surface area contributed by atoms with E-state index in [0.29, 0.717) is 12.2 Å². The van der Waals surface area contributed by atoms with Crippen molar-refractivity contribution < 1.29 is 19.1 Å². The number of fused-ring (bicyclic) bond motifs is 1. The van der Waals surface area contributed by atoms with Crippen molar-refractivity contribution in [2.45, 2.75) is 33.1 Å². The summed E-state index contributed by atoms with van der Waals surface area (Å²) in [5.74, 6) is -0.747. The fourth-order valence-electron chi connectivity index (χ4n) is 1.75. The molecule has 18 heavy (non-hydrogen) atoms. The van der Waals surface area contributed by atoms with Crippen molar-refractivity contribution >= 4 is 17.7 Å². The van der Waals surface area contributed by atoms with Gasteiger partial charge in [-0.2, -0.15) is 0 Å². The molecule has 0 N–H and O–H groups in total. The van der Waals surface area contributed by atoms with Crippen LogP contribution in [0.15, 0.2) is 24.3 Å². The molecule has 0 heterocycles. The van der Waals surface area contributed by atoms with Gasteiger partial charge in [-0.1, -0.05) is 24.3 Å². The molecule has 0 saturated carbocycles. The Balaban J connectivity index is 0.000000203. The average Bonchev–Trinajstić information content (AvgIpc) is 2.27. The van der Waals surface area contributed by atoms with E-state index in [9.17, 15) is 14.4 Å². The van der Waals surface area contributed by atoms with Crippen LogP contribution in [0.4, 0.5) is 0 Å². The second-order valence-corrected chi connectivity index (χ2v) is 4.07. The SMILES string of the molecule is CC(=O)OC(C)=O.O=C1CCc2ccccc2C1. The third-order valence-electron chi connectivity index (χ3n) is 2.47. The minimum absolute atomic E-state index is 0.378. The number of carbonyl (C=O) groups is 3. The molecule has 2 rings (SSSR count). The summed E-state index contributed by atoms with van der Waals surface area (Å²) in [6.07, 6.45) is 2.32. The summed E-state index contributed by atoms with van der Waals surface area (Å²) in [5.41, 5.74) is 2.58. The summed E-state index contributed by atoms with van der Waals surface area (Å²) in [4.78, 5) is 30.6. The molecule has 0 aliphatic heterocycles. The van der Waals surface area contributed by atoms with Gasteiger partial charge in [-0.3, -0.25) is 14.4 Å². The van der Waals surface area contributed by atoms with Gasteiger partial charge in [-0.05, 0) is 17.5 Å². The molecule has 0 unspecified atom stereocenters. The number of ether oxygens (including phenoxy) is 1. The van der Waals surface area contributed by atoms with Gasteiger partial charge < -0.3 is 4.74 Å². The highest BCUT2D eigenvalue weighted by molar-refractivity contribution is 5.83. The zero-order valence-corrected chi connectivity index (χ0v) is 10.6. The molecule has 0 amide bonds. The van der Waals surface area contributed by atoms with Crippen molar-refractivity contribution in [3.63, 3.8) is 0 Å². The standard InChI is InChI=1S/C10H10O.C4H6O3/c11-10-6-5-8-3-1-2-4-9(8)7-10;1-3(5)7-4(2)6/h1-4H,5-7H2;1-2H3. The number of Topliss-reactive ketones (excluding diaryl/α,β-unsaturated/α-hetero) is 1. The van der Waals surface area contributed by atoms with E-state index in [1.165, 1.54) is 25.0 Å². The molecule has 0 spiro atoms. The van der Waals surface area contributed by atoms with E-state index in [1.807, 2.05) is 18.2 Å². The molecule has 0 saturated heterocycles. The minimum atomic E-state index is -0.562. The smallest absolute Gasteiger partial charge is 0.310 e. The minimum Gasteiger partial charge on any atom is -0.394 e. The fourth-order valence-corrected chi connectivity index (χ4v) is 1.75. The molecule has 4 nitrogen and oxygen atoms in total. The molecule has 0 fully saturated rings. The molecule has 0 atom stereocenters. The molecule has 1 aromatic rings. The number of rotatable bonds is 0. The molecule has 0 bridgehead atoms. The lowest BCUT2D eigenvalue weighted by molar-refractivity contribution is -0.156. The van der Waals surface area contributed by atoms with Gasteiger partial charge >= 0.3 is 11.9 Å². The Labute approximate surface area is 106 Å². The van der Waals surface area contributed by atoms with Crippen LogP contribution in [0.1, 0.15) is 31.4 Å². The lowest BCUT2D eigenvalue weighted by Crippen LogP contribution is -2.12. The number of benzene rings is 1. The van der Waals surface area contributed by atoms with Crippen LogP contribution in [0, 0.1) is 0 Å². The number of esters is 2. The Morgan fingerprint density at radius 2 is 1.56 bits per heavy atom. The second kappa shape index (κ2) is 6.69. The highest BCUT2D eigenvalue weighted by Gasteiger charge is 2.13. The molecule has 0 aromatic heterocycles. The van der Waals surface area contributed by atoms with Gasteiger partial charge in [0, 0.05) is 26.7 Å². The van der Waals surface area contributed by atoms with E-state index >= 15 is 0 Å². The molecule has 1 aliphatic rings. The van der Waals surface area contributed by atoms with Crippen LogP contribution in [0.25, 0.3) is 0 Å². The number of carbonyl (C=O) groups excluding carboxylic acids is 3. The third kappa shape index (κ3) is 4.91. The van der Waals surface area contributed by atoms with Crippen LogP contribution in [0.2, 0.25) is 0 Å². The van der Waals surface area contributed by atoms with Crippen LogP contribution in [-0.4, -0.2) is 17.7 Å². The summed E-state index contributed by atoms with van der Waals surface area (Å²) >= 11 is 0. The molecule has 4 heteroatoms. The summed E-state index contributed by atoms with van der Waals surface area (Å²) in [7, 11) is 0. The predicted molar refractivity (Wildman–Crippen MR) is 65.9 cm³/mol. The Hall–Kier alpha value is -1.97. The Bertz CT molecular complexity index is 451. The maximum absolute atomic E-state index is 11.0. The van der Waals surface area contributed by atoms with Gasteiger partial charge in [0.05, 0.1) is 0 Å². The lowest BCUT2D eigenvalue weighted by Gasteiger charge is -2.13. The first-order chi connectivity index (χ1) is 8.49. The second-order valence-electron chi connectivity index (χ2n) is 4.07. The van der Waals surface area contributed by atoms with Crippen LogP contribution in [0.3, 0.4) is 0 Å². The lowest BCUT2D eigenvalue weighted by atomic mass is 9.91. The Morgan fingerprint density at radius 3 is 2.06 bits per heavy atom. The summed E-state index contributed by atoms with van der Waals surface area (Å²) < 4.78 is 3.97. The highest BCUT2D eigenvalue weighted by atomic mass is 16.6. The first-order valence-electron chi connectivity index (χ1n) is 5.76. The summed E-state index contributed by atoms with van der Waals surface area (Å²) in [6.45, 7) is 2.36. The molecular formula is C14H16O4. The number of aryl methyl sites for hydroxylation is 1. The first-order valence-corrected chi connectivity index (χ1v) is 5.76. The van der Waals surface area contributed by atoms with Gasteiger partial charge in [-0.15, -0.1) is 0 Å². The fraction of sp³-hybridized carbons (Fsp3) is 0.357. The van der Waals surface area contributed by atoms with Crippen LogP contribution >= 0.6 is 0 Å². The predicted octanol–water partition coefficient (Wildman–Crippen LogP) is 1.84. The quantitative estimate of drug-likeness (QED) is 0.519. The van der Waals surface area contributed by atoms with E-state index in [4.69, 9.17) is 0 Å². The van der Waals surface area contributed by atoms with Crippen molar-refractivity contribution in [1.82, 2.24) is 0 Å². The highest BCUT2D eigenvalue weighted by Crippen LogP contribution is 2.17. The average molecular weight is 248 g/mol. The number of ketones is 1. The van der Waals surface area contributed by atoms with Crippen molar-refractivity contribution in [3.05, 3.63) is 35.4 Å². The van der Waals surface area contributed by atoms with E-state index in [2.05, 4.69) is 10.8 Å². The third-order valence-corrected chi connectivity index (χ3v) is 2.47. The van der Waals surface area contributed by atoms with Crippen LogP contribution in [0.5, 0.6) is 0 Å². The molecule has 1 aliphatic carbocycles. The van der Waals surface area contributed by atoms with E-state index in [1.54, 1.807) is 0 Å². The van der Waals surface area contributed by atoms with Gasteiger partial charge in [0.2, 0.25) is 0 Å².